The molecule has 0 bridgehead atoms. The number of hydrogen-bond donors (Lipinski definition) is 3. The highest BCUT2D eigenvalue weighted by atomic mass is 35.5. The Morgan fingerprint density at radius 1 is 1.17 bits per heavy atom. The average Bonchev–Trinajstić information content (AvgIpc) is 2.84. The SMILES string of the molecule is Cc1c(C(=O)NCC2C(=O)NC(C)CC2C)cc(Cl)cc1N(C)C1CCN(C2CCNCC2)CC1. The van der Waals surface area contributed by atoms with Gasteiger partial charge in [0.2, 0.25) is 5.91 Å². The van der Waals surface area contributed by atoms with E-state index in [0.29, 0.717) is 29.2 Å². The first-order valence-electron chi connectivity index (χ1n) is 13.3. The Morgan fingerprint density at radius 2 is 1.86 bits per heavy atom. The minimum Gasteiger partial charge on any atom is -0.371 e. The van der Waals surface area contributed by atoms with Gasteiger partial charge in [0.05, 0.1) is 5.92 Å². The molecule has 3 aliphatic heterocycles. The molecule has 2 amide bonds. The number of rotatable bonds is 6. The zero-order valence-corrected chi connectivity index (χ0v) is 22.5. The van der Waals surface area contributed by atoms with Crippen molar-refractivity contribution in [1.82, 2.24) is 20.9 Å². The molecule has 0 aromatic heterocycles. The van der Waals surface area contributed by atoms with Gasteiger partial charge < -0.3 is 25.8 Å². The van der Waals surface area contributed by atoms with Crippen LogP contribution in [0.25, 0.3) is 0 Å². The molecule has 0 aliphatic carbocycles. The molecule has 3 atom stereocenters. The zero-order chi connectivity index (χ0) is 25.1. The van der Waals surface area contributed by atoms with E-state index in [2.05, 4.69) is 39.7 Å². The van der Waals surface area contributed by atoms with Crippen molar-refractivity contribution >= 4 is 29.1 Å². The molecular weight excluding hydrogens is 462 g/mol. The van der Waals surface area contributed by atoms with Crippen LogP contribution in [0.1, 0.15) is 61.9 Å². The largest absolute Gasteiger partial charge is 0.371 e. The van der Waals surface area contributed by atoms with Gasteiger partial charge in [-0.2, -0.15) is 0 Å². The maximum atomic E-state index is 13.2. The van der Waals surface area contributed by atoms with E-state index in [1.807, 2.05) is 19.9 Å². The Hall–Kier alpha value is -1.83. The van der Waals surface area contributed by atoms with Crippen molar-refractivity contribution in [2.24, 2.45) is 11.8 Å². The van der Waals surface area contributed by atoms with Crippen LogP contribution in [-0.4, -0.2) is 74.6 Å². The predicted molar refractivity (Wildman–Crippen MR) is 142 cm³/mol. The molecule has 4 rings (SSSR count). The molecule has 3 N–H and O–H groups in total. The number of carbonyl (C=O) groups excluding carboxylic acids is 2. The lowest BCUT2D eigenvalue weighted by atomic mass is 9.84. The van der Waals surface area contributed by atoms with Gasteiger partial charge in [0.15, 0.2) is 0 Å². The Bertz CT molecular complexity index is 911. The summed E-state index contributed by atoms with van der Waals surface area (Å²) in [6.45, 7) is 10.9. The van der Waals surface area contributed by atoms with Crippen LogP contribution in [0.5, 0.6) is 0 Å². The smallest absolute Gasteiger partial charge is 0.251 e. The highest BCUT2D eigenvalue weighted by molar-refractivity contribution is 6.31. The van der Waals surface area contributed by atoms with E-state index < -0.39 is 0 Å². The highest BCUT2D eigenvalue weighted by Gasteiger charge is 2.33. The summed E-state index contributed by atoms with van der Waals surface area (Å²) in [5.41, 5.74) is 2.54. The van der Waals surface area contributed by atoms with Gasteiger partial charge >= 0.3 is 0 Å². The Labute approximate surface area is 215 Å². The normalized spacial score (nSPS) is 26.9. The van der Waals surface area contributed by atoms with Crippen LogP contribution in [0.4, 0.5) is 5.69 Å². The Balaban J connectivity index is 1.40. The van der Waals surface area contributed by atoms with Crippen molar-refractivity contribution in [2.75, 3.05) is 44.7 Å². The topological polar surface area (TPSA) is 76.7 Å². The van der Waals surface area contributed by atoms with E-state index in [0.717, 1.165) is 56.7 Å². The molecule has 3 aliphatic rings. The molecule has 7 nitrogen and oxygen atoms in total. The second-order valence-electron chi connectivity index (χ2n) is 10.9. The molecule has 8 heteroatoms. The van der Waals surface area contributed by atoms with Gasteiger partial charge in [-0.25, -0.2) is 0 Å². The molecule has 1 aromatic carbocycles. The standard InChI is InChI=1S/C27H42ClN5O2/c1-17-13-18(2)31-27(35)24(17)16-30-26(34)23-14-20(28)15-25(19(23)3)32(4)21-7-11-33(12-8-21)22-5-9-29-10-6-22/h14-15,17-18,21-22,24,29H,5-13,16H2,1-4H3,(H,30,34)(H,31,35). The minimum absolute atomic E-state index is 0.0237. The second-order valence-corrected chi connectivity index (χ2v) is 11.3. The van der Waals surface area contributed by atoms with Gasteiger partial charge in [-0.1, -0.05) is 18.5 Å². The van der Waals surface area contributed by atoms with Gasteiger partial charge in [0, 0.05) is 61.1 Å². The summed E-state index contributed by atoms with van der Waals surface area (Å²) in [5.74, 6) is -0.117. The first kappa shape index (κ1) is 26.2. The minimum atomic E-state index is -0.207. The molecule has 0 radical (unpaired) electrons. The van der Waals surface area contributed by atoms with E-state index in [9.17, 15) is 9.59 Å². The summed E-state index contributed by atoms with van der Waals surface area (Å²) < 4.78 is 0. The number of nitrogens with one attached hydrogen (secondary N) is 3. The fourth-order valence-electron chi connectivity index (χ4n) is 6.25. The summed E-state index contributed by atoms with van der Waals surface area (Å²) in [6, 6.07) is 5.04. The van der Waals surface area contributed by atoms with Crippen molar-refractivity contribution < 1.29 is 9.59 Å². The van der Waals surface area contributed by atoms with Gasteiger partial charge in [-0.05, 0) is 82.7 Å². The lowest BCUT2D eigenvalue weighted by Gasteiger charge is -2.42. The van der Waals surface area contributed by atoms with Gasteiger partial charge in [-0.3, -0.25) is 9.59 Å². The van der Waals surface area contributed by atoms with E-state index in [1.54, 1.807) is 6.07 Å². The number of amides is 2. The maximum absolute atomic E-state index is 13.2. The number of anilines is 1. The first-order valence-corrected chi connectivity index (χ1v) is 13.7. The van der Waals surface area contributed by atoms with Crippen molar-refractivity contribution in [3.05, 3.63) is 28.3 Å². The summed E-state index contributed by atoms with van der Waals surface area (Å²) in [7, 11) is 2.13. The average molecular weight is 504 g/mol. The molecule has 1 aromatic rings. The van der Waals surface area contributed by atoms with E-state index in [4.69, 9.17) is 11.6 Å². The highest BCUT2D eigenvalue weighted by Crippen LogP contribution is 2.32. The fourth-order valence-corrected chi connectivity index (χ4v) is 6.47. The summed E-state index contributed by atoms with van der Waals surface area (Å²) >= 11 is 6.50. The molecular formula is C27H42ClN5O2. The van der Waals surface area contributed by atoms with Gasteiger partial charge in [-0.15, -0.1) is 0 Å². The molecule has 3 heterocycles. The molecule has 3 saturated heterocycles. The monoisotopic (exact) mass is 503 g/mol. The van der Waals surface area contributed by atoms with Crippen LogP contribution in [0, 0.1) is 18.8 Å². The Kier molecular flexibility index (Phi) is 8.61. The van der Waals surface area contributed by atoms with E-state index in [1.165, 1.54) is 12.8 Å². The number of halogens is 1. The summed E-state index contributed by atoms with van der Waals surface area (Å²) in [4.78, 5) is 30.6. The van der Waals surface area contributed by atoms with Crippen LogP contribution in [0.2, 0.25) is 5.02 Å². The lowest BCUT2D eigenvalue weighted by molar-refractivity contribution is -0.129. The van der Waals surface area contributed by atoms with Crippen molar-refractivity contribution in [1.29, 1.82) is 0 Å². The van der Waals surface area contributed by atoms with Crippen molar-refractivity contribution in [2.45, 2.75) is 71.0 Å². The molecule has 194 valence electrons. The number of carbonyl (C=O) groups is 2. The number of piperidine rings is 3. The van der Waals surface area contributed by atoms with Crippen molar-refractivity contribution in [3.8, 4) is 0 Å². The fraction of sp³-hybridized carbons (Fsp3) is 0.704. The summed E-state index contributed by atoms with van der Waals surface area (Å²) in [6.07, 6.45) is 5.63. The lowest BCUT2D eigenvalue weighted by Crippen LogP contribution is -2.50. The molecule has 3 unspecified atom stereocenters. The number of likely N-dealkylation sites (tertiary alicyclic amines) is 1. The number of benzene rings is 1. The third-order valence-electron chi connectivity index (χ3n) is 8.46. The van der Waals surface area contributed by atoms with E-state index >= 15 is 0 Å². The zero-order valence-electron chi connectivity index (χ0n) is 21.7. The first-order chi connectivity index (χ1) is 16.7. The maximum Gasteiger partial charge on any atom is 0.251 e. The quantitative estimate of drug-likeness (QED) is 0.556. The predicted octanol–water partition coefficient (Wildman–Crippen LogP) is 3.19. The molecule has 0 spiro atoms. The van der Waals surface area contributed by atoms with Crippen molar-refractivity contribution in [3.63, 3.8) is 0 Å². The second kappa shape index (κ2) is 11.5. The number of nitrogens with zero attached hydrogens (tertiary/aromatic N) is 2. The van der Waals surface area contributed by atoms with Crippen LogP contribution in [0.15, 0.2) is 12.1 Å². The van der Waals surface area contributed by atoms with Crippen LogP contribution < -0.4 is 20.9 Å². The van der Waals surface area contributed by atoms with E-state index in [-0.39, 0.29) is 29.7 Å². The molecule has 0 saturated carbocycles. The third kappa shape index (κ3) is 6.12. The van der Waals surface area contributed by atoms with Crippen LogP contribution in [0.3, 0.4) is 0 Å². The van der Waals surface area contributed by atoms with Gasteiger partial charge in [0.25, 0.3) is 5.91 Å². The van der Waals surface area contributed by atoms with Gasteiger partial charge in [0.1, 0.15) is 0 Å². The van der Waals surface area contributed by atoms with Crippen LogP contribution in [-0.2, 0) is 4.79 Å². The number of hydrogen-bond acceptors (Lipinski definition) is 5. The molecule has 35 heavy (non-hydrogen) atoms. The Morgan fingerprint density at radius 3 is 2.51 bits per heavy atom. The molecule has 3 fully saturated rings. The van der Waals surface area contributed by atoms with Crippen LogP contribution >= 0.6 is 11.6 Å². The third-order valence-corrected chi connectivity index (χ3v) is 8.68. The summed E-state index contributed by atoms with van der Waals surface area (Å²) in [5, 5.41) is 10.0.